The zero-order valence-corrected chi connectivity index (χ0v) is 21.1. The highest BCUT2D eigenvalue weighted by molar-refractivity contribution is 8.00. The van der Waals surface area contributed by atoms with E-state index >= 15 is 0 Å². The second-order valence-corrected chi connectivity index (χ2v) is 9.85. The first-order valence-electron chi connectivity index (χ1n) is 11.1. The first-order valence-corrected chi connectivity index (χ1v) is 13.2. The highest BCUT2D eigenvalue weighted by Crippen LogP contribution is 2.33. The number of nitrogens with one attached hydrogen (secondary N) is 1. The number of pyridine rings is 1. The van der Waals surface area contributed by atoms with Crippen LogP contribution in [-0.2, 0) is 16.1 Å². The van der Waals surface area contributed by atoms with Crippen molar-refractivity contribution in [2.45, 2.75) is 34.1 Å². The van der Waals surface area contributed by atoms with Gasteiger partial charge in [0, 0.05) is 33.3 Å². The minimum absolute atomic E-state index is 0.522. The van der Waals surface area contributed by atoms with Crippen molar-refractivity contribution in [1.29, 1.82) is 0 Å². The lowest BCUT2D eigenvalue weighted by molar-refractivity contribution is 0.288. The van der Waals surface area contributed by atoms with Crippen molar-refractivity contribution in [3.8, 4) is 34.6 Å². The fourth-order valence-corrected chi connectivity index (χ4v) is 3.98. The molecule has 1 atom stereocenters. The van der Waals surface area contributed by atoms with E-state index < -0.39 is 9.71 Å². The molecule has 0 amide bonds. The van der Waals surface area contributed by atoms with Crippen LogP contribution in [0.25, 0.3) is 11.3 Å². The fraction of sp³-hybridized carbons (Fsp3) is 0.308. The normalized spacial score (nSPS) is 12.3. The van der Waals surface area contributed by atoms with Gasteiger partial charge in [0.05, 0.1) is 41.5 Å². The number of rotatable bonds is 8. The van der Waals surface area contributed by atoms with E-state index in [4.69, 9.17) is 9.47 Å². The van der Waals surface area contributed by atoms with Crippen molar-refractivity contribution in [3.63, 3.8) is 0 Å². The fourth-order valence-electron chi connectivity index (χ4n) is 3.31. The summed E-state index contributed by atoms with van der Waals surface area (Å²) in [6, 6.07) is 7.57. The van der Waals surface area contributed by atoms with E-state index in [0.717, 1.165) is 28.2 Å². The van der Waals surface area contributed by atoms with Gasteiger partial charge in [0.15, 0.2) is 11.5 Å². The van der Waals surface area contributed by atoms with Crippen molar-refractivity contribution >= 4 is 21.3 Å². The topological polar surface area (TPSA) is 86.2 Å². The summed E-state index contributed by atoms with van der Waals surface area (Å²) in [4.78, 5) is 13.4. The Kier molecular flexibility index (Phi) is 8.13. The molecule has 7 nitrogen and oxygen atoms in total. The molecule has 1 aromatic carbocycles. The summed E-state index contributed by atoms with van der Waals surface area (Å²) in [7, 11) is -2.43. The number of aromatic nitrogens is 3. The minimum atomic E-state index is -2.43. The number of ether oxygens (including phenoxy) is 2. The van der Waals surface area contributed by atoms with E-state index in [2.05, 4.69) is 37.4 Å². The molecule has 3 aromatic rings. The first kappa shape index (κ1) is 25.1. The lowest BCUT2D eigenvalue weighted by atomic mass is 10.0. The van der Waals surface area contributed by atoms with Gasteiger partial charge in [-0.25, -0.2) is 14.2 Å². The number of hydrogen-bond acceptors (Lipinski definition) is 6. The van der Waals surface area contributed by atoms with Crippen LogP contribution < -0.4 is 14.2 Å². The van der Waals surface area contributed by atoms with E-state index in [1.165, 1.54) is 0 Å². The van der Waals surface area contributed by atoms with Crippen LogP contribution in [0.15, 0.2) is 36.8 Å². The summed E-state index contributed by atoms with van der Waals surface area (Å²) < 4.78 is 26.5. The average molecular weight is 479 g/mol. The monoisotopic (exact) mass is 478 g/mol. The molecule has 0 aliphatic heterocycles. The molecular weight excluding hydrogens is 448 g/mol. The molecule has 0 radical (unpaired) electrons. The third-order valence-corrected chi connectivity index (χ3v) is 5.47. The van der Waals surface area contributed by atoms with Gasteiger partial charge < -0.3 is 14.2 Å². The molecule has 3 rings (SSSR count). The summed E-state index contributed by atoms with van der Waals surface area (Å²) in [6.07, 6.45) is 5.48. The van der Waals surface area contributed by atoms with Crippen molar-refractivity contribution < 1.29 is 13.7 Å². The molecule has 2 heterocycles. The van der Waals surface area contributed by atoms with Crippen LogP contribution in [0.5, 0.6) is 11.5 Å². The number of hydrogen-bond donors (Lipinski definition) is 1. The van der Waals surface area contributed by atoms with Gasteiger partial charge >= 0.3 is 0 Å². The molecule has 0 fully saturated rings. The molecule has 0 saturated carbocycles. The molecule has 1 N–H and O–H groups in total. The van der Waals surface area contributed by atoms with Gasteiger partial charge in [-0.05, 0) is 57.3 Å². The summed E-state index contributed by atoms with van der Waals surface area (Å²) in [6.45, 7) is 8.81. The van der Waals surface area contributed by atoms with Crippen molar-refractivity contribution in [3.05, 3.63) is 59.3 Å². The largest absolute Gasteiger partial charge is 0.490 e. The standard InChI is InChI=1S/C26H30N4O3S/c1-7-22-21(12-10-19-14-23(18(4)27-16-19)30-34(5,6)31)26(29-17-28-22)20-11-13-24(32-8-2)25(15-20)33-9-3/h11,13-17H,5,7-9H2,1-4,6H3,(H,30,31). The minimum Gasteiger partial charge on any atom is -0.490 e. The van der Waals surface area contributed by atoms with Crippen LogP contribution in [-0.4, -0.2) is 44.5 Å². The number of nitrogens with zero attached hydrogens (tertiary/aromatic N) is 3. The van der Waals surface area contributed by atoms with Crippen molar-refractivity contribution in [2.75, 3.05) is 24.2 Å². The molecule has 2 aromatic heterocycles. The maximum Gasteiger partial charge on any atom is 0.161 e. The van der Waals surface area contributed by atoms with Gasteiger partial charge in [-0.15, -0.1) is 0 Å². The maximum atomic E-state index is 12.1. The summed E-state index contributed by atoms with van der Waals surface area (Å²) in [5.41, 5.74) is 5.20. The SMILES string of the molecule is C=S(C)(=O)Nc1cc(C#Cc2c(CC)ncnc2-c2ccc(OCC)c(OCC)c2)cnc1C. The van der Waals surface area contributed by atoms with Crippen LogP contribution in [0.1, 0.15) is 43.3 Å². The molecular formula is C26H30N4O3S. The molecule has 0 spiro atoms. The van der Waals surface area contributed by atoms with Gasteiger partial charge in [-0.1, -0.05) is 18.8 Å². The molecule has 8 heteroatoms. The van der Waals surface area contributed by atoms with Crippen LogP contribution >= 0.6 is 0 Å². The van der Waals surface area contributed by atoms with Crippen molar-refractivity contribution in [1.82, 2.24) is 15.0 Å². The zero-order valence-electron chi connectivity index (χ0n) is 20.3. The summed E-state index contributed by atoms with van der Waals surface area (Å²) in [5.74, 6) is 11.4. The van der Waals surface area contributed by atoms with Crippen LogP contribution in [0.2, 0.25) is 0 Å². The zero-order chi connectivity index (χ0) is 24.7. The van der Waals surface area contributed by atoms with E-state index in [1.54, 1.807) is 18.8 Å². The van der Waals surface area contributed by atoms with Gasteiger partial charge in [-0.3, -0.25) is 4.98 Å². The predicted molar refractivity (Wildman–Crippen MR) is 139 cm³/mol. The molecule has 0 aliphatic rings. The van der Waals surface area contributed by atoms with Gasteiger partial charge in [0.1, 0.15) is 6.33 Å². The Morgan fingerprint density at radius 3 is 2.44 bits per heavy atom. The Bertz CT molecular complexity index is 1340. The number of aryl methyl sites for hydroxylation is 2. The van der Waals surface area contributed by atoms with E-state index in [9.17, 15) is 4.21 Å². The maximum absolute atomic E-state index is 12.1. The summed E-state index contributed by atoms with van der Waals surface area (Å²) >= 11 is 0. The Balaban J connectivity index is 2.09. The second kappa shape index (κ2) is 11.0. The average Bonchev–Trinajstić information content (AvgIpc) is 2.80. The lowest BCUT2D eigenvalue weighted by Crippen LogP contribution is -2.11. The smallest absolute Gasteiger partial charge is 0.161 e. The van der Waals surface area contributed by atoms with E-state index in [1.807, 2.05) is 52.0 Å². The van der Waals surface area contributed by atoms with Crippen LogP contribution in [0.4, 0.5) is 5.69 Å². The molecule has 178 valence electrons. The highest BCUT2D eigenvalue weighted by Gasteiger charge is 2.14. The molecule has 1 unspecified atom stereocenters. The third kappa shape index (κ3) is 6.27. The Hall–Kier alpha value is -3.57. The summed E-state index contributed by atoms with van der Waals surface area (Å²) in [5, 5.41) is 0. The third-order valence-electron chi connectivity index (χ3n) is 4.82. The predicted octanol–water partition coefficient (Wildman–Crippen LogP) is 4.28. The Labute approximate surface area is 202 Å². The number of anilines is 1. The first-order chi connectivity index (χ1) is 16.3. The molecule has 0 bridgehead atoms. The highest BCUT2D eigenvalue weighted by atomic mass is 32.2. The molecule has 0 aliphatic carbocycles. The van der Waals surface area contributed by atoms with Gasteiger partial charge in [0.25, 0.3) is 0 Å². The van der Waals surface area contributed by atoms with Gasteiger partial charge in [0.2, 0.25) is 0 Å². The quantitative estimate of drug-likeness (QED) is 0.384. The Morgan fingerprint density at radius 2 is 1.76 bits per heavy atom. The van der Waals surface area contributed by atoms with Crippen molar-refractivity contribution in [2.24, 2.45) is 0 Å². The second-order valence-electron chi connectivity index (χ2n) is 7.64. The molecule has 0 saturated heterocycles. The van der Waals surface area contributed by atoms with E-state index in [-0.39, 0.29) is 0 Å². The lowest BCUT2D eigenvalue weighted by Gasteiger charge is -2.13. The van der Waals surface area contributed by atoms with Gasteiger partial charge in [-0.2, -0.15) is 0 Å². The molecule has 34 heavy (non-hydrogen) atoms. The van der Waals surface area contributed by atoms with Crippen LogP contribution in [0, 0.1) is 18.8 Å². The number of benzene rings is 1. The van der Waals surface area contributed by atoms with E-state index in [0.29, 0.717) is 42.4 Å². The van der Waals surface area contributed by atoms with Crippen LogP contribution in [0.3, 0.4) is 0 Å². The Morgan fingerprint density at radius 1 is 1.03 bits per heavy atom.